The van der Waals surface area contributed by atoms with Crippen LogP contribution < -0.4 is 11.1 Å². The van der Waals surface area contributed by atoms with Gasteiger partial charge in [-0.3, -0.25) is 14.6 Å². The third-order valence-electron chi connectivity index (χ3n) is 6.70. The van der Waals surface area contributed by atoms with Crippen LogP contribution in [0.25, 0.3) is 11.1 Å². The summed E-state index contributed by atoms with van der Waals surface area (Å²) in [7, 11) is 1.21. The molecule has 3 heterocycles. The summed E-state index contributed by atoms with van der Waals surface area (Å²) >= 11 is 0. The lowest BCUT2D eigenvalue weighted by atomic mass is 9.94. The number of rotatable bonds is 9. The van der Waals surface area contributed by atoms with E-state index in [-0.39, 0.29) is 42.1 Å². The molecule has 1 aliphatic heterocycles. The highest BCUT2D eigenvalue weighted by atomic mass is 19.1. The summed E-state index contributed by atoms with van der Waals surface area (Å²) in [5.74, 6) is -4.69. The zero-order valence-corrected chi connectivity index (χ0v) is 22.2. The maximum absolute atomic E-state index is 14.2. The van der Waals surface area contributed by atoms with E-state index < -0.39 is 47.8 Å². The number of carbonyl (C=O) groups excluding carboxylic acids is 3. The maximum Gasteiger partial charge on any atom is 0.356 e. The van der Waals surface area contributed by atoms with E-state index in [1.807, 2.05) is 0 Å². The molecule has 0 bridgehead atoms. The molecule has 13 heteroatoms. The summed E-state index contributed by atoms with van der Waals surface area (Å²) in [5.41, 5.74) is 7.35. The number of halogens is 3. The molecule has 0 aliphatic carbocycles. The van der Waals surface area contributed by atoms with Crippen molar-refractivity contribution in [2.75, 3.05) is 7.11 Å². The fraction of sp³-hybridized carbons (Fsp3) is 0.207. The molecule has 0 saturated carbocycles. The summed E-state index contributed by atoms with van der Waals surface area (Å²) in [6.45, 7) is -0.0860. The van der Waals surface area contributed by atoms with E-state index >= 15 is 0 Å². The quantitative estimate of drug-likeness (QED) is 0.290. The number of pyridine rings is 1. The number of aromatic nitrogens is 3. The zero-order chi connectivity index (χ0) is 30.0. The number of nitrogens with zero attached hydrogens (tertiary/aromatic N) is 3. The number of carbonyl (C=O) groups is 3. The average Bonchev–Trinajstić information content (AvgIpc) is 3.53. The van der Waals surface area contributed by atoms with Gasteiger partial charge in [-0.2, -0.15) is 5.10 Å². The number of nitrogens with two attached hydrogens (primary N) is 1. The summed E-state index contributed by atoms with van der Waals surface area (Å²) < 4.78 is 53.8. The molecule has 1 unspecified atom stereocenters. The smallest absolute Gasteiger partial charge is 0.356 e. The highest BCUT2D eigenvalue weighted by Gasteiger charge is 2.30. The number of ether oxygens (including phenoxy) is 2. The monoisotopic (exact) mass is 579 g/mol. The Kier molecular flexibility index (Phi) is 8.02. The molecule has 0 radical (unpaired) electrons. The van der Waals surface area contributed by atoms with Crippen LogP contribution in [0.5, 0.6) is 0 Å². The summed E-state index contributed by atoms with van der Waals surface area (Å²) in [5, 5.41) is 7.14. The van der Waals surface area contributed by atoms with E-state index in [9.17, 15) is 27.6 Å². The van der Waals surface area contributed by atoms with Crippen molar-refractivity contribution in [3.8, 4) is 11.1 Å². The molecule has 2 aromatic carbocycles. The highest BCUT2D eigenvalue weighted by molar-refractivity contribution is 5.94. The minimum Gasteiger partial charge on any atom is -0.464 e. The van der Waals surface area contributed by atoms with Gasteiger partial charge in [-0.25, -0.2) is 22.6 Å². The Labute approximate surface area is 237 Å². The van der Waals surface area contributed by atoms with Crippen LogP contribution in [0.4, 0.5) is 13.2 Å². The van der Waals surface area contributed by atoms with Crippen LogP contribution in [-0.2, 0) is 40.4 Å². The first-order chi connectivity index (χ1) is 20.1. The molecule has 216 valence electrons. The van der Waals surface area contributed by atoms with Gasteiger partial charge in [0.2, 0.25) is 5.91 Å². The molecule has 10 nitrogen and oxygen atoms in total. The topological polar surface area (TPSA) is 138 Å². The molecule has 2 aromatic heterocycles. The van der Waals surface area contributed by atoms with Crippen LogP contribution in [0.2, 0.25) is 0 Å². The molecular weight excluding hydrogens is 555 g/mol. The van der Waals surface area contributed by atoms with Crippen LogP contribution in [0.3, 0.4) is 0 Å². The van der Waals surface area contributed by atoms with E-state index in [0.29, 0.717) is 22.4 Å². The lowest BCUT2D eigenvalue weighted by Crippen LogP contribution is -2.34. The number of methoxy groups -OCH3 is 1. The summed E-state index contributed by atoms with van der Waals surface area (Å²) in [6.07, 6.45) is 1.36. The van der Waals surface area contributed by atoms with Gasteiger partial charge in [0.05, 0.1) is 43.3 Å². The van der Waals surface area contributed by atoms with Gasteiger partial charge in [-0.15, -0.1) is 0 Å². The van der Waals surface area contributed by atoms with Gasteiger partial charge in [0, 0.05) is 23.4 Å². The second-order valence-electron chi connectivity index (χ2n) is 9.51. The lowest BCUT2D eigenvalue weighted by molar-refractivity contribution is -0.122. The van der Waals surface area contributed by atoms with Gasteiger partial charge in [-0.1, -0.05) is 12.1 Å². The van der Waals surface area contributed by atoms with Crippen LogP contribution in [-0.4, -0.2) is 39.7 Å². The summed E-state index contributed by atoms with van der Waals surface area (Å²) in [4.78, 5) is 42.1. The van der Waals surface area contributed by atoms with Crippen LogP contribution in [0, 0.1) is 17.5 Å². The molecule has 1 atom stereocenters. The number of amides is 2. The predicted molar refractivity (Wildman–Crippen MR) is 141 cm³/mol. The van der Waals surface area contributed by atoms with Crippen molar-refractivity contribution in [2.24, 2.45) is 5.73 Å². The van der Waals surface area contributed by atoms with Crippen LogP contribution in [0.15, 0.2) is 54.7 Å². The minimum absolute atomic E-state index is 0.0766. The first-order valence-corrected chi connectivity index (χ1v) is 12.7. The molecule has 5 rings (SSSR count). The first kappa shape index (κ1) is 28.5. The van der Waals surface area contributed by atoms with E-state index in [2.05, 4.69) is 15.4 Å². The first-order valence-electron chi connectivity index (χ1n) is 12.7. The van der Waals surface area contributed by atoms with Gasteiger partial charge in [-0.05, 0) is 47.9 Å². The maximum atomic E-state index is 14.2. The molecular formula is C29H24F3N5O5. The van der Waals surface area contributed by atoms with Crippen molar-refractivity contribution in [1.82, 2.24) is 20.1 Å². The number of hydrogen-bond acceptors (Lipinski definition) is 7. The Morgan fingerprint density at radius 2 is 1.86 bits per heavy atom. The Balaban J connectivity index is 1.52. The molecule has 1 aliphatic rings. The van der Waals surface area contributed by atoms with Crippen molar-refractivity contribution in [1.29, 1.82) is 0 Å². The minimum atomic E-state index is -0.974. The van der Waals surface area contributed by atoms with Crippen molar-refractivity contribution in [3.63, 3.8) is 0 Å². The van der Waals surface area contributed by atoms with E-state index in [4.69, 9.17) is 15.2 Å². The predicted octanol–water partition coefficient (Wildman–Crippen LogP) is 3.38. The van der Waals surface area contributed by atoms with Crippen LogP contribution in [0.1, 0.15) is 49.4 Å². The molecule has 0 spiro atoms. The zero-order valence-electron chi connectivity index (χ0n) is 22.2. The van der Waals surface area contributed by atoms with Crippen molar-refractivity contribution >= 4 is 17.8 Å². The van der Waals surface area contributed by atoms with Crippen molar-refractivity contribution in [2.45, 2.75) is 32.2 Å². The Bertz CT molecular complexity index is 1690. The number of fused-ring (bicyclic) bond motifs is 1. The Morgan fingerprint density at radius 3 is 2.57 bits per heavy atom. The van der Waals surface area contributed by atoms with E-state index in [1.54, 1.807) is 12.1 Å². The summed E-state index contributed by atoms with van der Waals surface area (Å²) in [6, 6.07) is 9.00. The fourth-order valence-corrected chi connectivity index (χ4v) is 4.88. The van der Waals surface area contributed by atoms with Crippen molar-refractivity contribution in [3.05, 3.63) is 106 Å². The van der Waals surface area contributed by atoms with Gasteiger partial charge >= 0.3 is 5.97 Å². The van der Waals surface area contributed by atoms with E-state index in [0.717, 1.165) is 24.3 Å². The highest BCUT2D eigenvalue weighted by Crippen LogP contribution is 2.31. The third kappa shape index (κ3) is 5.86. The van der Waals surface area contributed by atoms with Crippen molar-refractivity contribution < 1.29 is 37.0 Å². The fourth-order valence-electron chi connectivity index (χ4n) is 4.88. The molecule has 0 fully saturated rings. The third-order valence-corrected chi connectivity index (χ3v) is 6.70. The number of hydrogen-bond donors (Lipinski definition) is 2. The largest absolute Gasteiger partial charge is 0.464 e. The molecule has 0 saturated heterocycles. The SMILES string of the molecule is COC(=O)c1c2c(nn1CC(=O)NC(Cc1cc(F)cc(F)c1)c1ncccc1-c1ccc(F)c(C(N)=O)c1)COC2. The lowest BCUT2D eigenvalue weighted by Gasteiger charge is -2.22. The normalized spacial score (nSPS) is 13.0. The Morgan fingerprint density at radius 1 is 1.10 bits per heavy atom. The van der Waals surface area contributed by atoms with Gasteiger partial charge in [0.25, 0.3) is 5.91 Å². The Hall–Kier alpha value is -5.04. The van der Waals surface area contributed by atoms with Gasteiger partial charge in [0.1, 0.15) is 24.0 Å². The van der Waals surface area contributed by atoms with E-state index in [1.165, 1.54) is 30.1 Å². The molecule has 3 N–H and O–H groups in total. The number of esters is 1. The molecule has 4 aromatic rings. The number of nitrogens with one attached hydrogen (secondary N) is 1. The second-order valence-corrected chi connectivity index (χ2v) is 9.51. The van der Waals surface area contributed by atoms with Gasteiger partial charge in [0.15, 0.2) is 5.69 Å². The number of primary amides is 1. The second kappa shape index (κ2) is 11.8. The molecule has 2 amide bonds. The molecule has 42 heavy (non-hydrogen) atoms. The number of benzene rings is 2. The van der Waals surface area contributed by atoms with Gasteiger partial charge < -0.3 is 20.5 Å². The average molecular weight is 580 g/mol. The standard InChI is InChI=1S/C29H24F3N5O5/c1-41-29(40)27-21-13-42-14-24(21)36-37(27)12-25(38)35-23(9-15-7-17(30)11-18(31)8-15)26-19(3-2-6-34-26)16-4-5-22(32)20(10-16)28(33)39/h2-8,10-11,23H,9,12-14H2,1H3,(H2,33,39)(H,35,38). The van der Waals surface area contributed by atoms with Crippen LogP contribution >= 0.6 is 0 Å².